The van der Waals surface area contributed by atoms with E-state index in [0.717, 1.165) is 22.4 Å². The summed E-state index contributed by atoms with van der Waals surface area (Å²) < 4.78 is 0. The number of nitrogens with zero attached hydrogens (tertiary/aromatic N) is 4. The summed E-state index contributed by atoms with van der Waals surface area (Å²) in [6.45, 7) is 6.13. The van der Waals surface area contributed by atoms with Crippen LogP contribution in [0.15, 0.2) is 36.4 Å². The zero-order valence-electron chi connectivity index (χ0n) is 14.1. The van der Waals surface area contributed by atoms with Crippen LogP contribution in [0, 0.1) is 32.1 Å². The molecule has 0 amide bonds. The van der Waals surface area contributed by atoms with Crippen LogP contribution in [0.5, 0.6) is 0 Å². The van der Waals surface area contributed by atoms with E-state index in [4.69, 9.17) is 16.9 Å². The molecule has 0 unspecified atom stereocenters. The third kappa shape index (κ3) is 3.76. The molecule has 3 rings (SSSR count). The molecule has 0 fully saturated rings. The van der Waals surface area contributed by atoms with Crippen molar-refractivity contribution in [1.82, 2.24) is 15.0 Å². The molecule has 0 aliphatic carbocycles. The molecule has 0 spiro atoms. The van der Waals surface area contributed by atoms with Gasteiger partial charge >= 0.3 is 0 Å². The van der Waals surface area contributed by atoms with Crippen molar-refractivity contribution in [3.8, 4) is 17.5 Å². The Hall–Kier alpha value is -2.97. The van der Waals surface area contributed by atoms with Gasteiger partial charge in [-0.15, -0.1) is 0 Å². The topological polar surface area (TPSA) is 74.5 Å². The number of hydrogen-bond acceptors (Lipinski definition) is 5. The van der Waals surface area contributed by atoms with E-state index in [1.807, 2.05) is 13.8 Å². The van der Waals surface area contributed by atoms with Crippen molar-refractivity contribution in [3.05, 3.63) is 63.9 Å². The van der Waals surface area contributed by atoms with Crippen LogP contribution < -0.4 is 5.32 Å². The average Bonchev–Trinajstić information content (AvgIpc) is 2.58. The molecule has 5 nitrogen and oxygen atoms in total. The molecule has 0 saturated heterocycles. The molecular weight excluding hydrogens is 334 g/mol. The van der Waals surface area contributed by atoms with Crippen LogP contribution in [-0.4, -0.2) is 15.0 Å². The van der Waals surface area contributed by atoms with E-state index in [1.165, 1.54) is 5.56 Å². The number of hydrogen-bond donors (Lipinski definition) is 1. The summed E-state index contributed by atoms with van der Waals surface area (Å²) in [5.41, 5.74) is 5.71. The number of nitrogens with one attached hydrogen (secondary N) is 1. The number of halogens is 1. The molecule has 25 heavy (non-hydrogen) atoms. The Morgan fingerprint density at radius 3 is 2.20 bits per heavy atom. The van der Waals surface area contributed by atoms with E-state index < -0.39 is 0 Å². The average molecular weight is 350 g/mol. The summed E-state index contributed by atoms with van der Waals surface area (Å²) in [5.74, 6) is 0.837. The minimum atomic E-state index is 0.110. The lowest BCUT2D eigenvalue weighted by Gasteiger charge is -2.13. The van der Waals surface area contributed by atoms with Crippen LogP contribution in [0.4, 0.5) is 11.6 Å². The normalized spacial score (nSPS) is 10.4. The number of nitriles is 1. The van der Waals surface area contributed by atoms with Crippen LogP contribution in [0.1, 0.15) is 22.3 Å². The predicted molar refractivity (Wildman–Crippen MR) is 98.9 cm³/mol. The van der Waals surface area contributed by atoms with Crippen molar-refractivity contribution in [2.45, 2.75) is 20.8 Å². The molecule has 0 atom stereocenters. The Balaban J connectivity index is 1.98. The standard InChI is InChI=1S/C19H16ClN5/c1-11-8-12(2)16(13(3)9-11)22-19-24-17(23-18(20)25-19)15-6-4-14(10-21)5-7-15/h4-9H,1-3H3,(H,22,23,24,25). The molecular formula is C19H16ClN5. The van der Waals surface area contributed by atoms with Crippen molar-refractivity contribution in [1.29, 1.82) is 5.26 Å². The van der Waals surface area contributed by atoms with E-state index >= 15 is 0 Å². The summed E-state index contributed by atoms with van der Waals surface area (Å²) in [5, 5.41) is 12.3. The van der Waals surface area contributed by atoms with Gasteiger partial charge in [-0.25, -0.2) is 0 Å². The van der Waals surface area contributed by atoms with Crippen LogP contribution in [0.25, 0.3) is 11.4 Å². The van der Waals surface area contributed by atoms with Crippen molar-refractivity contribution >= 4 is 23.2 Å². The van der Waals surface area contributed by atoms with Crippen LogP contribution in [0.3, 0.4) is 0 Å². The molecule has 1 N–H and O–H groups in total. The maximum Gasteiger partial charge on any atom is 0.232 e. The first-order valence-corrected chi connectivity index (χ1v) is 8.11. The Bertz CT molecular complexity index is 951. The molecule has 124 valence electrons. The molecule has 0 aliphatic heterocycles. The van der Waals surface area contributed by atoms with Gasteiger partial charge < -0.3 is 5.32 Å². The van der Waals surface area contributed by atoms with Crippen molar-refractivity contribution in [2.75, 3.05) is 5.32 Å². The molecule has 0 radical (unpaired) electrons. The maximum absolute atomic E-state index is 8.90. The van der Waals surface area contributed by atoms with Gasteiger partial charge in [0.15, 0.2) is 5.82 Å². The van der Waals surface area contributed by atoms with Gasteiger partial charge in [-0.05, 0) is 67.8 Å². The smallest absolute Gasteiger partial charge is 0.232 e. The molecule has 0 saturated carbocycles. The Morgan fingerprint density at radius 1 is 0.960 bits per heavy atom. The molecule has 1 aromatic heterocycles. The van der Waals surface area contributed by atoms with Gasteiger partial charge in [0.05, 0.1) is 11.6 Å². The molecule has 3 aromatic rings. The monoisotopic (exact) mass is 349 g/mol. The Morgan fingerprint density at radius 2 is 1.60 bits per heavy atom. The predicted octanol–water partition coefficient (Wildman–Crippen LogP) is 4.73. The fourth-order valence-corrected chi connectivity index (χ4v) is 2.88. The Kier molecular flexibility index (Phi) is 4.64. The third-order valence-corrected chi connectivity index (χ3v) is 3.96. The molecule has 0 bridgehead atoms. The van der Waals surface area contributed by atoms with E-state index in [2.05, 4.69) is 45.4 Å². The first-order chi connectivity index (χ1) is 12.0. The van der Waals surface area contributed by atoms with Crippen LogP contribution in [0.2, 0.25) is 5.28 Å². The van der Waals surface area contributed by atoms with Gasteiger partial charge in [-0.1, -0.05) is 17.7 Å². The van der Waals surface area contributed by atoms with Crippen LogP contribution in [-0.2, 0) is 0 Å². The number of aromatic nitrogens is 3. The maximum atomic E-state index is 8.90. The van der Waals surface area contributed by atoms with Gasteiger partial charge in [0.1, 0.15) is 0 Å². The van der Waals surface area contributed by atoms with Crippen molar-refractivity contribution in [3.63, 3.8) is 0 Å². The number of aryl methyl sites for hydroxylation is 3. The number of benzene rings is 2. The quantitative estimate of drug-likeness (QED) is 0.739. The summed E-state index contributed by atoms with van der Waals surface area (Å²) >= 11 is 6.07. The minimum absolute atomic E-state index is 0.110. The van der Waals surface area contributed by atoms with Crippen molar-refractivity contribution < 1.29 is 0 Å². The fraction of sp³-hybridized carbons (Fsp3) is 0.158. The van der Waals surface area contributed by atoms with Gasteiger partial charge in [0, 0.05) is 11.3 Å². The highest BCUT2D eigenvalue weighted by molar-refractivity contribution is 6.28. The summed E-state index contributed by atoms with van der Waals surface area (Å²) in [7, 11) is 0. The van der Waals surface area contributed by atoms with Crippen molar-refractivity contribution in [2.24, 2.45) is 0 Å². The second-order valence-electron chi connectivity index (χ2n) is 5.84. The first kappa shape index (κ1) is 16.9. The van der Waals surface area contributed by atoms with Gasteiger partial charge in [0.2, 0.25) is 11.2 Å². The van der Waals surface area contributed by atoms with Gasteiger partial charge in [0.25, 0.3) is 0 Å². The zero-order chi connectivity index (χ0) is 18.0. The first-order valence-electron chi connectivity index (χ1n) is 7.73. The van der Waals surface area contributed by atoms with E-state index in [9.17, 15) is 0 Å². The lowest BCUT2D eigenvalue weighted by Crippen LogP contribution is -2.04. The molecule has 0 aliphatic rings. The zero-order valence-corrected chi connectivity index (χ0v) is 14.9. The molecule has 6 heteroatoms. The van der Waals surface area contributed by atoms with E-state index in [1.54, 1.807) is 24.3 Å². The SMILES string of the molecule is Cc1cc(C)c(Nc2nc(Cl)nc(-c3ccc(C#N)cc3)n2)c(C)c1. The van der Waals surface area contributed by atoms with Crippen LogP contribution >= 0.6 is 11.6 Å². The summed E-state index contributed by atoms with van der Waals surface area (Å²) in [6, 6.07) is 13.3. The third-order valence-electron chi connectivity index (χ3n) is 3.79. The number of anilines is 2. The lowest BCUT2D eigenvalue weighted by molar-refractivity contribution is 1.06. The van der Waals surface area contributed by atoms with Gasteiger partial charge in [-0.2, -0.15) is 20.2 Å². The van der Waals surface area contributed by atoms with E-state index in [0.29, 0.717) is 17.3 Å². The Labute approximate surface area is 151 Å². The number of rotatable bonds is 3. The molecule has 2 aromatic carbocycles. The highest BCUT2D eigenvalue weighted by Crippen LogP contribution is 2.26. The molecule has 1 heterocycles. The van der Waals surface area contributed by atoms with Gasteiger partial charge in [-0.3, -0.25) is 0 Å². The second kappa shape index (κ2) is 6.88. The highest BCUT2D eigenvalue weighted by Gasteiger charge is 2.10. The summed E-state index contributed by atoms with van der Waals surface area (Å²) in [4.78, 5) is 12.8. The lowest BCUT2D eigenvalue weighted by atomic mass is 10.1. The minimum Gasteiger partial charge on any atom is -0.324 e. The fourth-order valence-electron chi connectivity index (χ4n) is 2.72. The highest BCUT2D eigenvalue weighted by atomic mass is 35.5. The largest absolute Gasteiger partial charge is 0.324 e. The second-order valence-corrected chi connectivity index (χ2v) is 6.18. The van der Waals surface area contributed by atoms with E-state index in [-0.39, 0.29) is 5.28 Å². The summed E-state index contributed by atoms with van der Waals surface area (Å²) in [6.07, 6.45) is 0.